The minimum Gasteiger partial charge on any atom is -0.325 e. The van der Waals surface area contributed by atoms with Crippen LogP contribution in [0.4, 0.5) is 0 Å². The van der Waals surface area contributed by atoms with Gasteiger partial charge in [-0.2, -0.15) is 0 Å². The molecule has 0 saturated heterocycles. The van der Waals surface area contributed by atoms with Gasteiger partial charge < -0.3 is 5.73 Å². The molecule has 0 bridgehead atoms. The van der Waals surface area contributed by atoms with Gasteiger partial charge in [-0.15, -0.1) is 0 Å². The zero-order valence-corrected chi connectivity index (χ0v) is 12.3. The van der Waals surface area contributed by atoms with Gasteiger partial charge in [0.1, 0.15) is 6.54 Å². The Morgan fingerprint density at radius 3 is 2.81 bits per heavy atom. The van der Waals surface area contributed by atoms with E-state index in [2.05, 4.69) is 9.98 Å². The summed E-state index contributed by atoms with van der Waals surface area (Å²) in [5, 5.41) is 0.619. The number of nitrogens with zero attached hydrogens (tertiary/aromatic N) is 2. The molecule has 106 valence electrons. The fraction of sp³-hybridized carbons (Fsp3) is 0.188. The van der Waals surface area contributed by atoms with Crippen molar-refractivity contribution in [1.29, 1.82) is 0 Å². The Morgan fingerprint density at radius 2 is 2.05 bits per heavy atom. The summed E-state index contributed by atoms with van der Waals surface area (Å²) in [6.45, 7) is 2.44. The summed E-state index contributed by atoms with van der Waals surface area (Å²) in [6, 6.07) is 5.69. The monoisotopic (exact) mass is 299 g/mol. The molecule has 1 aliphatic rings. The van der Waals surface area contributed by atoms with Gasteiger partial charge in [-0.1, -0.05) is 23.7 Å². The second-order valence-corrected chi connectivity index (χ2v) is 5.35. The lowest BCUT2D eigenvalue weighted by atomic mass is 9.92. The molecule has 5 heteroatoms. The van der Waals surface area contributed by atoms with Crippen molar-refractivity contribution in [1.82, 2.24) is 4.98 Å². The molecular weight excluding hydrogens is 286 g/mol. The third kappa shape index (κ3) is 2.37. The van der Waals surface area contributed by atoms with E-state index in [4.69, 9.17) is 17.3 Å². The normalized spacial score (nSPS) is 13.9. The zero-order chi connectivity index (χ0) is 15.0. The molecule has 0 amide bonds. The molecule has 4 nitrogen and oxygen atoms in total. The van der Waals surface area contributed by atoms with Gasteiger partial charge in [0.15, 0.2) is 5.78 Å². The summed E-state index contributed by atoms with van der Waals surface area (Å²) in [6.07, 6.45) is 3.39. The van der Waals surface area contributed by atoms with Crippen LogP contribution in [0.3, 0.4) is 0 Å². The molecule has 21 heavy (non-hydrogen) atoms. The average Bonchev–Trinajstić information content (AvgIpc) is 2.50. The predicted octanol–water partition coefficient (Wildman–Crippen LogP) is 2.65. The first-order valence-corrected chi connectivity index (χ1v) is 7.01. The third-order valence-corrected chi connectivity index (χ3v) is 4.08. The molecule has 1 aromatic heterocycles. The molecule has 0 unspecified atom stereocenters. The maximum atomic E-state index is 11.9. The van der Waals surface area contributed by atoms with E-state index in [1.165, 1.54) is 0 Å². The number of aliphatic imine (C=N–C) groups is 1. The van der Waals surface area contributed by atoms with E-state index in [-0.39, 0.29) is 12.3 Å². The van der Waals surface area contributed by atoms with Crippen LogP contribution in [0.5, 0.6) is 0 Å². The van der Waals surface area contributed by atoms with Gasteiger partial charge in [-0.3, -0.25) is 14.8 Å². The standard InChI is InChI=1S/C16H14ClN3O/c1-9-13(6-19-7-14(9)17)10-2-3-11-12(4-10)15(5-18)20-8-16(11)21/h2-4,6-7H,5,8,18H2,1H3. The molecule has 1 aliphatic heterocycles. The summed E-state index contributed by atoms with van der Waals surface area (Å²) in [5.74, 6) is 0.0229. The summed E-state index contributed by atoms with van der Waals surface area (Å²) >= 11 is 6.13. The molecule has 2 aromatic rings. The molecule has 0 radical (unpaired) electrons. The van der Waals surface area contributed by atoms with Crippen LogP contribution >= 0.6 is 11.6 Å². The second kappa shape index (κ2) is 5.39. The predicted molar refractivity (Wildman–Crippen MR) is 84.2 cm³/mol. The van der Waals surface area contributed by atoms with Crippen molar-refractivity contribution in [2.75, 3.05) is 13.1 Å². The van der Waals surface area contributed by atoms with Gasteiger partial charge in [0.2, 0.25) is 0 Å². The smallest absolute Gasteiger partial charge is 0.184 e. The number of hydrogen-bond donors (Lipinski definition) is 1. The van der Waals surface area contributed by atoms with E-state index in [1.807, 2.05) is 25.1 Å². The van der Waals surface area contributed by atoms with Crippen LogP contribution in [0.1, 0.15) is 21.5 Å². The van der Waals surface area contributed by atoms with Gasteiger partial charge >= 0.3 is 0 Å². The maximum absolute atomic E-state index is 11.9. The summed E-state index contributed by atoms with van der Waals surface area (Å²) < 4.78 is 0. The van der Waals surface area contributed by atoms with Gasteiger partial charge in [0.25, 0.3) is 0 Å². The first kappa shape index (κ1) is 13.9. The van der Waals surface area contributed by atoms with Crippen LogP contribution in [0.15, 0.2) is 35.6 Å². The number of nitrogens with two attached hydrogens (primary N) is 1. The number of ketones is 1. The Hall–Kier alpha value is -2.04. The van der Waals surface area contributed by atoms with Gasteiger partial charge in [-0.25, -0.2) is 0 Å². The molecule has 0 aliphatic carbocycles. The zero-order valence-electron chi connectivity index (χ0n) is 11.6. The summed E-state index contributed by atoms with van der Waals surface area (Å²) in [5.41, 5.74) is 10.8. The van der Waals surface area contributed by atoms with Gasteiger partial charge in [-0.05, 0) is 24.1 Å². The van der Waals surface area contributed by atoms with E-state index < -0.39 is 0 Å². The largest absolute Gasteiger partial charge is 0.325 e. The van der Waals surface area contributed by atoms with Crippen molar-refractivity contribution in [2.24, 2.45) is 10.7 Å². The number of hydrogen-bond acceptors (Lipinski definition) is 4. The number of fused-ring (bicyclic) bond motifs is 1. The van der Waals surface area contributed by atoms with Crippen molar-refractivity contribution in [3.05, 3.63) is 52.3 Å². The summed E-state index contributed by atoms with van der Waals surface area (Å²) in [7, 11) is 0. The fourth-order valence-corrected chi connectivity index (χ4v) is 2.65. The number of rotatable bonds is 2. The minimum absolute atomic E-state index is 0.0229. The Morgan fingerprint density at radius 1 is 1.24 bits per heavy atom. The lowest BCUT2D eigenvalue weighted by Gasteiger charge is -2.17. The molecule has 0 spiro atoms. The first-order valence-electron chi connectivity index (χ1n) is 6.63. The number of halogens is 1. The van der Waals surface area contributed by atoms with E-state index >= 15 is 0 Å². The van der Waals surface area contributed by atoms with Crippen LogP contribution in [0.25, 0.3) is 11.1 Å². The van der Waals surface area contributed by atoms with Crippen LogP contribution < -0.4 is 5.73 Å². The lowest BCUT2D eigenvalue weighted by Crippen LogP contribution is -2.24. The van der Waals surface area contributed by atoms with Crippen LogP contribution in [-0.2, 0) is 0 Å². The number of carbonyl (C=O) groups is 1. The average molecular weight is 300 g/mol. The molecular formula is C16H14ClN3O. The van der Waals surface area contributed by atoms with Crippen molar-refractivity contribution >= 4 is 23.1 Å². The van der Waals surface area contributed by atoms with E-state index in [0.29, 0.717) is 17.1 Å². The number of benzene rings is 1. The SMILES string of the molecule is Cc1c(Cl)cncc1-c1ccc2c(c1)C(CN)=NCC2=O. The summed E-state index contributed by atoms with van der Waals surface area (Å²) in [4.78, 5) is 20.3. The number of Topliss-reactive ketones (excluding diaryl/α,β-unsaturated/α-hetero) is 1. The van der Waals surface area contributed by atoms with Crippen LogP contribution in [-0.4, -0.2) is 29.6 Å². The molecule has 0 atom stereocenters. The molecule has 0 saturated carbocycles. The first-order chi connectivity index (χ1) is 10.1. The Balaban J connectivity index is 2.18. The van der Waals surface area contributed by atoms with Crippen LogP contribution in [0, 0.1) is 6.92 Å². The third-order valence-electron chi connectivity index (χ3n) is 3.70. The van der Waals surface area contributed by atoms with E-state index in [9.17, 15) is 4.79 Å². The highest BCUT2D eigenvalue weighted by Gasteiger charge is 2.20. The van der Waals surface area contributed by atoms with E-state index in [0.717, 1.165) is 28.0 Å². The Bertz CT molecular complexity index is 768. The van der Waals surface area contributed by atoms with Gasteiger partial charge in [0.05, 0.1) is 10.7 Å². The highest BCUT2D eigenvalue weighted by Crippen LogP contribution is 2.29. The number of pyridine rings is 1. The van der Waals surface area contributed by atoms with Crippen LogP contribution in [0.2, 0.25) is 5.02 Å². The maximum Gasteiger partial charge on any atom is 0.184 e. The Kier molecular flexibility index (Phi) is 3.57. The topological polar surface area (TPSA) is 68.3 Å². The number of aromatic nitrogens is 1. The fourth-order valence-electron chi connectivity index (χ4n) is 2.50. The van der Waals surface area contributed by atoms with E-state index in [1.54, 1.807) is 12.4 Å². The quantitative estimate of drug-likeness (QED) is 0.927. The molecule has 2 N–H and O–H groups in total. The molecule has 3 rings (SSSR count). The van der Waals surface area contributed by atoms with Gasteiger partial charge in [0, 0.05) is 35.6 Å². The van der Waals surface area contributed by atoms with Crippen molar-refractivity contribution < 1.29 is 4.79 Å². The second-order valence-electron chi connectivity index (χ2n) is 4.94. The highest BCUT2D eigenvalue weighted by atomic mass is 35.5. The van der Waals surface area contributed by atoms with Crippen molar-refractivity contribution in [2.45, 2.75) is 6.92 Å². The molecule has 0 fully saturated rings. The van der Waals surface area contributed by atoms with Crippen molar-refractivity contribution in [3.8, 4) is 11.1 Å². The number of carbonyl (C=O) groups excluding carboxylic acids is 1. The Labute approximate surface area is 127 Å². The molecule has 2 heterocycles. The minimum atomic E-state index is 0.0229. The highest BCUT2D eigenvalue weighted by molar-refractivity contribution is 6.31. The molecule has 1 aromatic carbocycles. The lowest BCUT2D eigenvalue weighted by molar-refractivity contribution is 0.1000. The van der Waals surface area contributed by atoms with Crippen molar-refractivity contribution in [3.63, 3.8) is 0 Å².